The van der Waals surface area contributed by atoms with Crippen molar-refractivity contribution < 1.29 is 9.59 Å². The van der Waals surface area contributed by atoms with Crippen molar-refractivity contribution in [3.63, 3.8) is 0 Å². The Hall–Kier alpha value is -3.06. The molecule has 7 heteroatoms. The molecule has 0 spiro atoms. The first-order valence-electron chi connectivity index (χ1n) is 8.66. The molecule has 2 aromatic carbocycles. The maximum Gasteiger partial charge on any atom is 0.286 e. The van der Waals surface area contributed by atoms with Gasteiger partial charge in [-0.15, -0.1) is 10.2 Å². The molecule has 0 saturated carbocycles. The van der Waals surface area contributed by atoms with Crippen LogP contribution in [0.4, 0.5) is 5.69 Å². The Labute approximate surface area is 161 Å². The Bertz CT molecular complexity index is 940. The van der Waals surface area contributed by atoms with Crippen molar-refractivity contribution in [1.82, 2.24) is 15.5 Å². The number of anilines is 1. The summed E-state index contributed by atoms with van der Waals surface area (Å²) in [5.41, 5.74) is 2.04. The molecule has 138 valence electrons. The molecule has 1 heterocycles. The summed E-state index contributed by atoms with van der Waals surface area (Å²) in [5, 5.41) is 14.7. The first kappa shape index (κ1) is 18.7. The summed E-state index contributed by atoms with van der Waals surface area (Å²) in [7, 11) is 0. The third-order valence-electron chi connectivity index (χ3n) is 3.99. The number of carbonyl (C=O) groups is 2. The summed E-state index contributed by atoms with van der Waals surface area (Å²) in [6, 6.07) is 16.4. The van der Waals surface area contributed by atoms with Crippen LogP contribution in [-0.4, -0.2) is 22.0 Å². The first-order valence-corrected chi connectivity index (χ1v) is 9.48. The topological polar surface area (TPSA) is 84.0 Å². The van der Waals surface area contributed by atoms with E-state index in [1.807, 2.05) is 44.2 Å². The zero-order chi connectivity index (χ0) is 19.2. The Balaban J connectivity index is 1.67. The zero-order valence-electron chi connectivity index (χ0n) is 15.1. The lowest BCUT2D eigenvalue weighted by atomic mass is 10.1. The van der Waals surface area contributed by atoms with Crippen molar-refractivity contribution in [2.45, 2.75) is 26.3 Å². The van der Waals surface area contributed by atoms with Gasteiger partial charge in [-0.1, -0.05) is 54.7 Å². The van der Waals surface area contributed by atoms with E-state index >= 15 is 0 Å². The average molecular weight is 380 g/mol. The van der Waals surface area contributed by atoms with Gasteiger partial charge in [0.15, 0.2) is 0 Å². The minimum atomic E-state index is -0.331. The third kappa shape index (κ3) is 4.77. The number of aryl methyl sites for hydroxylation is 1. The summed E-state index contributed by atoms with van der Waals surface area (Å²) < 4.78 is 0. The summed E-state index contributed by atoms with van der Waals surface area (Å²) in [6.07, 6.45) is 0.736. The predicted molar refractivity (Wildman–Crippen MR) is 106 cm³/mol. The Morgan fingerprint density at radius 3 is 2.52 bits per heavy atom. The molecule has 0 bridgehead atoms. The van der Waals surface area contributed by atoms with E-state index in [4.69, 9.17) is 0 Å². The van der Waals surface area contributed by atoms with E-state index in [9.17, 15) is 9.59 Å². The zero-order valence-corrected chi connectivity index (χ0v) is 15.9. The lowest BCUT2D eigenvalue weighted by molar-refractivity contribution is 0.0938. The molecule has 1 aromatic heterocycles. The van der Waals surface area contributed by atoms with E-state index in [1.165, 1.54) is 11.3 Å². The van der Waals surface area contributed by atoms with Crippen LogP contribution in [-0.2, 0) is 6.42 Å². The van der Waals surface area contributed by atoms with Gasteiger partial charge in [0, 0.05) is 11.3 Å². The summed E-state index contributed by atoms with van der Waals surface area (Å²) >= 11 is 1.26. The van der Waals surface area contributed by atoms with Gasteiger partial charge < -0.3 is 10.6 Å². The van der Waals surface area contributed by atoms with Gasteiger partial charge in [0.2, 0.25) is 5.01 Å². The van der Waals surface area contributed by atoms with Gasteiger partial charge in [-0.3, -0.25) is 9.59 Å². The second-order valence-corrected chi connectivity index (χ2v) is 7.06. The SMILES string of the molecule is CCc1nnc(C(=O)Nc2cccc(C(=O)N[C@@H](C)c3ccccc3)c2)s1. The number of amides is 2. The van der Waals surface area contributed by atoms with Crippen LogP contribution in [0.25, 0.3) is 0 Å². The fourth-order valence-corrected chi connectivity index (χ4v) is 3.19. The monoisotopic (exact) mass is 380 g/mol. The minimum Gasteiger partial charge on any atom is -0.346 e. The Morgan fingerprint density at radius 1 is 1.04 bits per heavy atom. The molecule has 27 heavy (non-hydrogen) atoms. The number of benzene rings is 2. The fraction of sp³-hybridized carbons (Fsp3) is 0.200. The molecular formula is C20H20N4O2S. The van der Waals surface area contributed by atoms with Crippen LogP contribution in [0.3, 0.4) is 0 Å². The van der Waals surface area contributed by atoms with Crippen molar-refractivity contribution in [1.29, 1.82) is 0 Å². The Kier molecular flexibility index (Phi) is 5.93. The van der Waals surface area contributed by atoms with Crippen LogP contribution in [0.15, 0.2) is 54.6 Å². The molecule has 3 rings (SSSR count). The highest BCUT2D eigenvalue weighted by atomic mass is 32.1. The standard InChI is InChI=1S/C20H20N4O2S/c1-3-17-23-24-20(27-17)19(26)22-16-11-7-10-15(12-16)18(25)21-13(2)14-8-5-4-6-9-14/h4-13H,3H2,1-2H3,(H,21,25)(H,22,26)/t13-/m0/s1. The van der Waals surface area contributed by atoms with Gasteiger partial charge in [0.1, 0.15) is 5.01 Å². The highest BCUT2D eigenvalue weighted by Crippen LogP contribution is 2.17. The van der Waals surface area contributed by atoms with Crippen LogP contribution in [0.2, 0.25) is 0 Å². The molecule has 6 nitrogen and oxygen atoms in total. The van der Waals surface area contributed by atoms with Gasteiger partial charge in [-0.2, -0.15) is 0 Å². The number of hydrogen-bond donors (Lipinski definition) is 2. The second kappa shape index (κ2) is 8.55. The van der Waals surface area contributed by atoms with Crippen LogP contribution in [0.5, 0.6) is 0 Å². The highest BCUT2D eigenvalue weighted by molar-refractivity contribution is 7.13. The number of rotatable bonds is 6. The van der Waals surface area contributed by atoms with E-state index < -0.39 is 0 Å². The van der Waals surface area contributed by atoms with Gasteiger partial charge in [0.25, 0.3) is 11.8 Å². The third-order valence-corrected chi connectivity index (χ3v) is 5.06. The quantitative estimate of drug-likeness (QED) is 0.680. The number of carbonyl (C=O) groups excluding carboxylic acids is 2. The number of aromatic nitrogens is 2. The number of hydrogen-bond acceptors (Lipinski definition) is 5. The minimum absolute atomic E-state index is 0.120. The molecular weight excluding hydrogens is 360 g/mol. The van der Waals surface area contributed by atoms with Gasteiger partial charge in [-0.05, 0) is 37.1 Å². The molecule has 0 unspecified atom stereocenters. The number of nitrogens with zero attached hydrogens (tertiary/aromatic N) is 2. The largest absolute Gasteiger partial charge is 0.346 e. The average Bonchev–Trinajstić information content (AvgIpc) is 3.18. The van der Waals surface area contributed by atoms with Crippen molar-refractivity contribution >= 4 is 28.8 Å². The van der Waals surface area contributed by atoms with Gasteiger partial charge in [0.05, 0.1) is 6.04 Å². The lowest BCUT2D eigenvalue weighted by Gasteiger charge is -2.14. The first-order chi connectivity index (χ1) is 13.1. The summed E-state index contributed by atoms with van der Waals surface area (Å²) in [4.78, 5) is 24.8. The van der Waals surface area contributed by atoms with E-state index in [2.05, 4.69) is 20.8 Å². The predicted octanol–water partition coefficient (Wildman–Crippen LogP) is 3.84. The molecule has 0 radical (unpaired) electrons. The van der Waals surface area contributed by atoms with E-state index in [1.54, 1.807) is 24.3 Å². The van der Waals surface area contributed by atoms with Crippen LogP contribution < -0.4 is 10.6 Å². The van der Waals surface area contributed by atoms with E-state index in [0.29, 0.717) is 16.3 Å². The van der Waals surface area contributed by atoms with E-state index in [0.717, 1.165) is 17.0 Å². The van der Waals surface area contributed by atoms with Crippen molar-refractivity contribution in [3.05, 3.63) is 75.7 Å². The van der Waals surface area contributed by atoms with Crippen LogP contribution in [0, 0.1) is 0 Å². The van der Waals surface area contributed by atoms with E-state index in [-0.39, 0.29) is 17.9 Å². The highest BCUT2D eigenvalue weighted by Gasteiger charge is 2.15. The van der Waals surface area contributed by atoms with Crippen molar-refractivity contribution in [2.75, 3.05) is 5.32 Å². The second-order valence-electron chi connectivity index (χ2n) is 6.00. The molecule has 0 aliphatic carbocycles. The number of nitrogens with one attached hydrogen (secondary N) is 2. The maximum atomic E-state index is 12.5. The summed E-state index contributed by atoms with van der Waals surface area (Å²) in [5.74, 6) is -0.533. The molecule has 3 aromatic rings. The molecule has 2 N–H and O–H groups in total. The van der Waals surface area contributed by atoms with Crippen molar-refractivity contribution in [3.8, 4) is 0 Å². The Morgan fingerprint density at radius 2 is 1.81 bits per heavy atom. The molecule has 0 fully saturated rings. The lowest BCUT2D eigenvalue weighted by Crippen LogP contribution is -2.26. The molecule has 0 aliphatic heterocycles. The molecule has 1 atom stereocenters. The fourth-order valence-electron chi connectivity index (χ4n) is 2.52. The van der Waals surface area contributed by atoms with Crippen molar-refractivity contribution in [2.24, 2.45) is 0 Å². The molecule has 2 amide bonds. The van der Waals surface area contributed by atoms with Crippen LogP contribution >= 0.6 is 11.3 Å². The van der Waals surface area contributed by atoms with Gasteiger partial charge >= 0.3 is 0 Å². The maximum absolute atomic E-state index is 12.5. The molecule has 0 saturated heterocycles. The smallest absolute Gasteiger partial charge is 0.286 e. The van der Waals surface area contributed by atoms with Crippen LogP contribution in [0.1, 0.15) is 50.6 Å². The van der Waals surface area contributed by atoms with Gasteiger partial charge in [-0.25, -0.2) is 0 Å². The molecule has 0 aliphatic rings. The summed E-state index contributed by atoms with van der Waals surface area (Å²) in [6.45, 7) is 3.89. The normalized spacial score (nSPS) is 11.6.